The Labute approximate surface area is 112 Å². The van der Waals surface area contributed by atoms with Crippen LogP contribution in [0, 0.1) is 0 Å². The molecular formula is C12H18N2O4S. The van der Waals surface area contributed by atoms with Crippen molar-refractivity contribution in [3.05, 3.63) is 11.5 Å². The Morgan fingerprint density at radius 1 is 1.42 bits per heavy atom. The summed E-state index contributed by atoms with van der Waals surface area (Å²) in [5, 5.41) is 3.81. The van der Waals surface area contributed by atoms with Gasteiger partial charge in [-0.2, -0.15) is 0 Å². The molecule has 0 radical (unpaired) electrons. The van der Waals surface area contributed by atoms with Crippen LogP contribution < -0.4 is 5.32 Å². The van der Waals surface area contributed by atoms with Crippen LogP contribution in [-0.2, 0) is 19.4 Å². The molecule has 6 nitrogen and oxygen atoms in total. The summed E-state index contributed by atoms with van der Waals surface area (Å²) in [6.45, 7) is 3.55. The number of nitrogens with one attached hydrogen (secondary N) is 1. The quantitative estimate of drug-likeness (QED) is 0.779. The van der Waals surface area contributed by atoms with Crippen molar-refractivity contribution in [3.8, 4) is 0 Å². The summed E-state index contributed by atoms with van der Waals surface area (Å²) in [5.74, 6) is -0.550. The minimum atomic E-state index is -3.25. The van der Waals surface area contributed by atoms with E-state index in [9.17, 15) is 18.0 Å². The molecule has 106 valence electrons. The molecule has 3 atom stereocenters. The number of sulfone groups is 1. The van der Waals surface area contributed by atoms with Crippen molar-refractivity contribution in [1.82, 2.24) is 10.2 Å². The molecule has 1 N–H and O–H groups in total. The van der Waals surface area contributed by atoms with Crippen LogP contribution in [0.2, 0.25) is 0 Å². The van der Waals surface area contributed by atoms with Crippen LogP contribution in [0.15, 0.2) is 11.5 Å². The lowest BCUT2D eigenvalue weighted by Gasteiger charge is -2.40. The highest BCUT2D eigenvalue weighted by atomic mass is 32.2. The molecular weight excluding hydrogens is 268 g/mol. The number of piperazine rings is 1. The molecule has 0 aromatic rings. The van der Waals surface area contributed by atoms with Gasteiger partial charge in [-0.15, -0.1) is 0 Å². The normalized spacial score (nSPS) is 33.6. The second-order valence-corrected chi connectivity index (χ2v) is 6.93. The summed E-state index contributed by atoms with van der Waals surface area (Å²) in [7, 11) is -3.25. The van der Waals surface area contributed by atoms with Gasteiger partial charge in [-0.3, -0.25) is 9.59 Å². The van der Waals surface area contributed by atoms with Crippen molar-refractivity contribution >= 4 is 21.7 Å². The Morgan fingerprint density at radius 2 is 2.11 bits per heavy atom. The number of hydrogen-bond donors (Lipinski definition) is 1. The van der Waals surface area contributed by atoms with Crippen LogP contribution in [0.5, 0.6) is 0 Å². The van der Waals surface area contributed by atoms with Gasteiger partial charge in [0.2, 0.25) is 11.8 Å². The molecule has 1 saturated heterocycles. The summed E-state index contributed by atoms with van der Waals surface area (Å²) < 4.78 is 22.9. The van der Waals surface area contributed by atoms with Crippen molar-refractivity contribution in [3.63, 3.8) is 0 Å². The predicted octanol–water partition coefficient (Wildman–Crippen LogP) is -0.187. The minimum absolute atomic E-state index is 0.130. The van der Waals surface area contributed by atoms with Gasteiger partial charge in [0.25, 0.3) is 0 Å². The third-order valence-corrected chi connectivity index (χ3v) is 4.89. The van der Waals surface area contributed by atoms with E-state index in [1.165, 1.54) is 11.0 Å². The van der Waals surface area contributed by atoms with Gasteiger partial charge < -0.3 is 10.2 Å². The van der Waals surface area contributed by atoms with E-state index in [1.807, 2.05) is 6.92 Å². The van der Waals surface area contributed by atoms with Gasteiger partial charge >= 0.3 is 0 Å². The lowest BCUT2D eigenvalue weighted by Crippen LogP contribution is -2.64. The molecule has 3 unspecified atom stereocenters. The lowest BCUT2D eigenvalue weighted by molar-refractivity contribution is -0.150. The fourth-order valence-electron chi connectivity index (χ4n) is 2.52. The third kappa shape index (κ3) is 2.65. The average molecular weight is 286 g/mol. The monoisotopic (exact) mass is 286 g/mol. The molecule has 0 aromatic carbocycles. The molecule has 0 aliphatic carbocycles. The van der Waals surface area contributed by atoms with E-state index in [2.05, 4.69) is 5.32 Å². The van der Waals surface area contributed by atoms with Gasteiger partial charge in [-0.05, 0) is 19.4 Å². The zero-order chi connectivity index (χ0) is 14.2. The van der Waals surface area contributed by atoms with E-state index in [1.54, 1.807) is 6.92 Å². The first-order valence-corrected chi connectivity index (χ1v) is 8.11. The molecule has 0 spiro atoms. The van der Waals surface area contributed by atoms with E-state index in [0.29, 0.717) is 6.42 Å². The smallest absolute Gasteiger partial charge is 0.246 e. The maximum absolute atomic E-state index is 12.4. The van der Waals surface area contributed by atoms with Crippen LogP contribution in [0.25, 0.3) is 0 Å². The fourth-order valence-corrected chi connectivity index (χ4v) is 3.80. The van der Waals surface area contributed by atoms with Crippen LogP contribution in [0.3, 0.4) is 0 Å². The number of rotatable bonds is 3. The first-order chi connectivity index (χ1) is 8.85. The first-order valence-electron chi connectivity index (χ1n) is 6.39. The number of carbonyl (C=O) groups excluding carboxylic acids is 2. The number of hydrogen-bond acceptors (Lipinski definition) is 4. The Morgan fingerprint density at radius 3 is 2.63 bits per heavy atom. The summed E-state index contributed by atoms with van der Waals surface area (Å²) in [6, 6.07) is -1.70. The zero-order valence-corrected chi connectivity index (χ0v) is 11.8. The van der Waals surface area contributed by atoms with Gasteiger partial charge in [-0.25, -0.2) is 8.42 Å². The van der Waals surface area contributed by atoms with Crippen molar-refractivity contribution < 1.29 is 18.0 Å². The van der Waals surface area contributed by atoms with Crippen LogP contribution in [0.4, 0.5) is 0 Å². The van der Waals surface area contributed by atoms with Crippen molar-refractivity contribution in [1.29, 1.82) is 0 Å². The first kappa shape index (κ1) is 14.0. The van der Waals surface area contributed by atoms with E-state index in [-0.39, 0.29) is 17.6 Å². The number of nitrogens with zero attached hydrogens (tertiary/aromatic N) is 1. The van der Waals surface area contributed by atoms with Crippen molar-refractivity contribution in [2.24, 2.45) is 0 Å². The summed E-state index contributed by atoms with van der Waals surface area (Å²) >= 11 is 0. The summed E-state index contributed by atoms with van der Waals surface area (Å²) in [4.78, 5) is 25.6. The molecule has 1 fully saturated rings. The van der Waals surface area contributed by atoms with Gasteiger partial charge in [0.05, 0.1) is 11.8 Å². The van der Waals surface area contributed by atoms with E-state index >= 15 is 0 Å². The standard InChI is InChI=1S/C12H18N2O4S/c1-3-4-10-12(16)14(8(2)11(15)13-10)9-5-6-19(17,18)7-9/h5-6,8-10H,3-4,7H2,1-2H3,(H,13,15). The van der Waals surface area contributed by atoms with Crippen molar-refractivity contribution in [2.45, 2.75) is 44.8 Å². The van der Waals surface area contributed by atoms with E-state index < -0.39 is 28.0 Å². The second kappa shape index (κ2) is 4.96. The molecule has 0 bridgehead atoms. The molecule has 7 heteroatoms. The molecule has 0 aromatic heterocycles. The lowest BCUT2D eigenvalue weighted by atomic mass is 10.0. The molecule has 2 rings (SSSR count). The maximum atomic E-state index is 12.4. The minimum Gasteiger partial charge on any atom is -0.343 e. The van der Waals surface area contributed by atoms with Gasteiger partial charge in [-0.1, -0.05) is 13.3 Å². The van der Waals surface area contributed by atoms with Crippen LogP contribution in [-0.4, -0.2) is 49.0 Å². The molecule has 19 heavy (non-hydrogen) atoms. The van der Waals surface area contributed by atoms with Crippen LogP contribution >= 0.6 is 0 Å². The average Bonchev–Trinajstić information content (AvgIpc) is 2.67. The largest absolute Gasteiger partial charge is 0.343 e. The molecule has 2 aliphatic rings. The second-order valence-electron chi connectivity index (χ2n) is 5.00. The van der Waals surface area contributed by atoms with Crippen molar-refractivity contribution in [2.75, 3.05) is 5.75 Å². The van der Waals surface area contributed by atoms with E-state index in [4.69, 9.17) is 0 Å². The maximum Gasteiger partial charge on any atom is 0.246 e. The topological polar surface area (TPSA) is 83.6 Å². The highest BCUT2D eigenvalue weighted by Gasteiger charge is 2.42. The molecule has 2 heterocycles. The zero-order valence-electron chi connectivity index (χ0n) is 11.0. The van der Waals surface area contributed by atoms with Crippen LogP contribution in [0.1, 0.15) is 26.7 Å². The number of carbonyl (C=O) groups is 2. The Balaban J connectivity index is 2.24. The Hall–Kier alpha value is -1.37. The van der Waals surface area contributed by atoms with Gasteiger partial charge in [0.1, 0.15) is 12.1 Å². The third-order valence-electron chi connectivity index (χ3n) is 3.51. The van der Waals surface area contributed by atoms with E-state index in [0.717, 1.165) is 11.8 Å². The fraction of sp³-hybridized carbons (Fsp3) is 0.667. The highest BCUT2D eigenvalue weighted by molar-refractivity contribution is 7.94. The summed E-state index contributed by atoms with van der Waals surface area (Å²) in [6.07, 6.45) is 2.83. The molecule has 0 saturated carbocycles. The number of amides is 2. The molecule has 2 amide bonds. The highest BCUT2D eigenvalue weighted by Crippen LogP contribution is 2.22. The summed E-state index contributed by atoms with van der Waals surface area (Å²) in [5.41, 5.74) is 0. The predicted molar refractivity (Wildman–Crippen MR) is 69.9 cm³/mol. The SMILES string of the molecule is CCCC1NC(=O)C(C)N(C2C=CS(=O)(=O)C2)C1=O. The Bertz CT molecular complexity index is 526. The molecule has 2 aliphatic heterocycles. The van der Waals surface area contributed by atoms with Gasteiger partial charge in [0, 0.05) is 5.41 Å². The Kier molecular flexibility index (Phi) is 3.66. The van der Waals surface area contributed by atoms with Gasteiger partial charge in [0.15, 0.2) is 9.84 Å².